The lowest BCUT2D eigenvalue weighted by Crippen LogP contribution is -2.02. The van der Waals surface area contributed by atoms with Crippen LogP contribution in [-0.4, -0.2) is 30.5 Å². The summed E-state index contributed by atoms with van der Waals surface area (Å²) in [6.07, 6.45) is 0. The molecule has 0 fully saturated rings. The highest BCUT2D eigenvalue weighted by atomic mass is 35.5. The molecule has 1 rings (SSSR count). The summed E-state index contributed by atoms with van der Waals surface area (Å²) in [7, 11) is 1.59. The van der Waals surface area contributed by atoms with Gasteiger partial charge in [0.25, 0.3) is 0 Å². The van der Waals surface area contributed by atoms with E-state index in [0.717, 1.165) is 0 Å². The van der Waals surface area contributed by atoms with Crippen LogP contribution in [0.3, 0.4) is 0 Å². The number of nitrogen functional groups attached to an aromatic ring is 1. The number of carbonyl (C=O) groups is 1. The van der Waals surface area contributed by atoms with Gasteiger partial charge in [-0.05, 0) is 12.1 Å². The van der Waals surface area contributed by atoms with E-state index in [2.05, 4.69) is 0 Å². The maximum Gasteiger partial charge on any atom is 0.336 e. The number of halogens is 1. The molecule has 0 heterocycles. The summed E-state index contributed by atoms with van der Waals surface area (Å²) >= 11 is 7.29. The second kappa shape index (κ2) is 5.98. The molecule has 0 unspecified atom stereocenters. The van der Waals surface area contributed by atoms with E-state index in [-0.39, 0.29) is 5.56 Å². The SMILES string of the molecule is COCCSc1c(Cl)cc(N)cc1C(=O)O. The molecule has 0 saturated heterocycles. The van der Waals surface area contributed by atoms with Crippen LogP contribution in [0.4, 0.5) is 5.69 Å². The van der Waals surface area contributed by atoms with Gasteiger partial charge < -0.3 is 15.6 Å². The molecule has 1 aromatic rings. The minimum absolute atomic E-state index is 0.131. The lowest BCUT2D eigenvalue weighted by Gasteiger charge is -2.09. The molecule has 0 atom stereocenters. The first-order valence-electron chi connectivity index (χ1n) is 4.50. The van der Waals surface area contributed by atoms with Crippen molar-refractivity contribution in [2.45, 2.75) is 4.90 Å². The zero-order valence-electron chi connectivity index (χ0n) is 8.70. The quantitative estimate of drug-likeness (QED) is 0.484. The van der Waals surface area contributed by atoms with Crippen molar-refractivity contribution >= 4 is 35.0 Å². The van der Waals surface area contributed by atoms with Crippen LogP contribution >= 0.6 is 23.4 Å². The summed E-state index contributed by atoms with van der Waals surface area (Å²) in [5, 5.41) is 9.37. The zero-order chi connectivity index (χ0) is 12.1. The third-order valence-corrected chi connectivity index (χ3v) is 3.34. The first kappa shape index (κ1) is 13.2. The van der Waals surface area contributed by atoms with Crippen LogP contribution in [0.2, 0.25) is 5.02 Å². The Hall–Kier alpha value is -0.910. The van der Waals surface area contributed by atoms with E-state index in [9.17, 15) is 4.79 Å². The smallest absolute Gasteiger partial charge is 0.336 e. The maximum absolute atomic E-state index is 11.0. The number of aromatic carboxylic acids is 1. The van der Waals surface area contributed by atoms with Crippen LogP contribution in [0.15, 0.2) is 17.0 Å². The average Bonchev–Trinajstić information content (AvgIpc) is 2.20. The summed E-state index contributed by atoms with van der Waals surface area (Å²) in [5.41, 5.74) is 6.02. The van der Waals surface area contributed by atoms with Crippen molar-refractivity contribution < 1.29 is 14.6 Å². The van der Waals surface area contributed by atoms with Gasteiger partial charge in [-0.15, -0.1) is 11.8 Å². The van der Waals surface area contributed by atoms with Crippen molar-refractivity contribution in [3.63, 3.8) is 0 Å². The molecule has 3 N–H and O–H groups in total. The molecule has 0 aliphatic heterocycles. The Bertz CT molecular complexity index is 398. The van der Waals surface area contributed by atoms with Crippen LogP contribution in [0.5, 0.6) is 0 Å². The van der Waals surface area contributed by atoms with Gasteiger partial charge in [0.2, 0.25) is 0 Å². The standard InChI is InChI=1S/C10H12ClNO3S/c1-15-2-3-16-9-7(10(13)14)4-6(12)5-8(9)11/h4-5H,2-3,12H2,1H3,(H,13,14). The maximum atomic E-state index is 11.0. The highest BCUT2D eigenvalue weighted by Crippen LogP contribution is 2.32. The normalized spacial score (nSPS) is 10.4. The van der Waals surface area contributed by atoms with Crippen LogP contribution in [-0.2, 0) is 4.74 Å². The monoisotopic (exact) mass is 261 g/mol. The second-order valence-electron chi connectivity index (χ2n) is 3.03. The number of nitrogens with two attached hydrogens (primary N) is 1. The molecule has 0 radical (unpaired) electrons. The molecule has 0 spiro atoms. The van der Waals surface area contributed by atoms with E-state index >= 15 is 0 Å². The Labute approximate surface area is 103 Å². The molecule has 0 saturated carbocycles. The van der Waals surface area contributed by atoms with E-state index in [1.807, 2.05) is 0 Å². The summed E-state index contributed by atoms with van der Waals surface area (Å²) in [6, 6.07) is 2.95. The van der Waals surface area contributed by atoms with Crippen molar-refractivity contribution in [2.24, 2.45) is 0 Å². The molecule has 0 amide bonds. The Balaban J connectivity index is 2.99. The number of benzene rings is 1. The number of hydrogen-bond acceptors (Lipinski definition) is 4. The van der Waals surface area contributed by atoms with Gasteiger partial charge in [0.05, 0.1) is 17.2 Å². The predicted octanol–water partition coefficient (Wildman–Crippen LogP) is 2.36. The highest BCUT2D eigenvalue weighted by molar-refractivity contribution is 7.99. The topological polar surface area (TPSA) is 72.5 Å². The van der Waals surface area contributed by atoms with Crippen molar-refractivity contribution in [1.29, 1.82) is 0 Å². The van der Waals surface area contributed by atoms with E-state index in [1.54, 1.807) is 13.2 Å². The Kier molecular flexibility index (Phi) is 4.92. The van der Waals surface area contributed by atoms with Gasteiger partial charge in [-0.25, -0.2) is 4.79 Å². The van der Waals surface area contributed by atoms with Gasteiger partial charge in [0, 0.05) is 23.4 Å². The number of carboxylic acids is 1. The van der Waals surface area contributed by atoms with Crippen molar-refractivity contribution in [3.8, 4) is 0 Å². The first-order chi connectivity index (χ1) is 7.56. The van der Waals surface area contributed by atoms with Crippen LogP contribution in [0, 0.1) is 0 Å². The van der Waals surface area contributed by atoms with E-state index < -0.39 is 5.97 Å². The van der Waals surface area contributed by atoms with Gasteiger partial charge >= 0.3 is 5.97 Å². The Morgan fingerprint density at radius 1 is 1.62 bits per heavy atom. The number of ether oxygens (including phenoxy) is 1. The molecule has 0 bridgehead atoms. The van der Waals surface area contributed by atoms with Crippen molar-refractivity contribution in [2.75, 3.05) is 25.2 Å². The Morgan fingerprint density at radius 2 is 2.31 bits per heavy atom. The number of rotatable bonds is 5. The van der Waals surface area contributed by atoms with Crippen LogP contribution < -0.4 is 5.73 Å². The molecule has 6 heteroatoms. The predicted molar refractivity (Wildman–Crippen MR) is 65.4 cm³/mol. The summed E-state index contributed by atoms with van der Waals surface area (Å²) in [5.74, 6) is -0.394. The Morgan fingerprint density at radius 3 is 2.88 bits per heavy atom. The van der Waals surface area contributed by atoms with Crippen LogP contribution in [0.1, 0.15) is 10.4 Å². The third kappa shape index (κ3) is 3.30. The summed E-state index contributed by atoms with van der Waals surface area (Å²) in [4.78, 5) is 11.5. The van der Waals surface area contributed by atoms with E-state index in [1.165, 1.54) is 17.8 Å². The highest BCUT2D eigenvalue weighted by Gasteiger charge is 2.14. The van der Waals surface area contributed by atoms with Gasteiger partial charge in [-0.1, -0.05) is 11.6 Å². The van der Waals surface area contributed by atoms with E-state index in [4.69, 9.17) is 27.2 Å². The molecule has 88 valence electrons. The molecule has 16 heavy (non-hydrogen) atoms. The zero-order valence-corrected chi connectivity index (χ0v) is 10.3. The lowest BCUT2D eigenvalue weighted by molar-refractivity contribution is 0.0693. The number of carboxylic acid groups (broad SMARTS) is 1. The third-order valence-electron chi connectivity index (χ3n) is 1.83. The van der Waals surface area contributed by atoms with Gasteiger partial charge in [-0.2, -0.15) is 0 Å². The van der Waals surface area contributed by atoms with Crippen molar-refractivity contribution in [1.82, 2.24) is 0 Å². The average molecular weight is 262 g/mol. The largest absolute Gasteiger partial charge is 0.478 e. The fourth-order valence-electron chi connectivity index (χ4n) is 1.15. The molecule has 4 nitrogen and oxygen atoms in total. The second-order valence-corrected chi connectivity index (χ2v) is 4.54. The molecular formula is C10H12ClNO3S. The summed E-state index contributed by atoms with van der Waals surface area (Å²) < 4.78 is 4.89. The van der Waals surface area contributed by atoms with Gasteiger partial charge in [0.15, 0.2) is 0 Å². The summed E-state index contributed by atoms with van der Waals surface area (Å²) in [6.45, 7) is 0.532. The number of thioether (sulfide) groups is 1. The fraction of sp³-hybridized carbons (Fsp3) is 0.300. The molecule has 0 aliphatic rings. The number of anilines is 1. The van der Waals surface area contributed by atoms with Gasteiger partial charge in [-0.3, -0.25) is 0 Å². The minimum atomic E-state index is -1.03. The number of methoxy groups -OCH3 is 1. The van der Waals surface area contributed by atoms with Gasteiger partial charge in [0.1, 0.15) is 0 Å². The first-order valence-corrected chi connectivity index (χ1v) is 5.86. The number of hydrogen-bond donors (Lipinski definition) is 2. The molecule has 1 aromatic carbocycles. The minimum Gasteiger partial charge on any atom is -0.478 e. The fourth-order valence-corrected chi connectivity index (χ4v) is 2.49. The molecule has 0 aromatic heterocycles. The van der Waals surface area contributed by atoms with Crippen LogP contribution in [0.25, 0.3) is 0 Å². The van der Waals surface area contributed by atoms with E-state index in [0.29, 0.717) is 28.0 Å². The molecular weight excluding hydrogens is 250 g/mol. The lowest BCUT2D eigenvalue weighted by atomic mass is 10.2. The molecule has 0 aliphatic carbocycles. The van der Waals surface area contributed by atoms with Crippen molar-refractivity contribution in [3.05, 3.63) is 22.7 Å².